The minimum Gasteiger partial charge on any atom is -0.487 e. The highest BCUT2D eigenvalue weighted by Crippen LogP contribution is 2.45. The molecule has 1 aromatic rings. The van der Waals surface area contributed by atoms with Crippen LogP contribution >= 0.6 is 0 Å². The molecule has 0 aromatic heterocycles. The Morgan fingerprint density at radius 3 is 2.03 bits per heavy atom. The molecule has 39 heavy (non-hydrogen) atoms. The van der Waals surface area contributed by atoms with Crippen molar-refractivity contribution in [2.24, 2.45) is 29.4 Å². The molecule has 4 nitrogen and oxygen atoms in total. The van der Waals surface area contributed by atoms with Crippen molar-refractivity contribution in [1.29, 1.82) is 0 Å². The second kappa shape index (κ2) is 15.5. The van der Waals surface area contributed by atoms with E-state index >= 15 is 0 Å². The third kappa shape index (κ3) is 9.80. The van der Waals surface area contributed by atoms with Gasteiger partial charge in [0.1, 0.15) is 23.1 Å². The highest BCUT2D eigenvalue weighted by molar-refractivity contribution is 5.79. The van der Waals surface area contributed by atoms with Crippen LogP contribution in [0.25, 0.3) is 0 Å². The molecule has 0 fully saturated rings. The van der Waals surface area contributed by atoms with Crippen LogP contribution in [0.15, 0.2) is 0 Å². The predicted octanol–water partition coefficient (Wildman–Crippen LogP) is 9.41. The predicted molar refractivity (Wildman–Crippen MR) is 166 cm³/mol. The smallest absolute Gasteiger partial charge is 0.328 e. The summed E-state index contributed by atoms with van der Waals surface area (Å²) < 4.78 is 12.7. The summed E-state index contributed by atoms with van der Waals surface area (Å²) in [5.41, 5.74) is 10.3. The summed E-state index contributed by atoms with van der Waals surface area (Å²) in [5.74, 6) is 3.89. The van der Waals surface area contributed by atoms with E-state index < -0.39 is 6.04 Å². The van der Waals surface area contributed by atoms with Gasteiger partial charge in [0.25, 0.3) is 0 Å². The fourth-order valence-electron chi connectivity index (χ4n) is 6.07. The van der Waals surface area contributed by atoms with Crippen LogP contribution in [0.2, 0.25) is 0 Å². The lowest BCUT2D eigenvalue weighted by atomic mass is 9.83. The average molecular weight is 544 g/mol. The Morgan fingerprint density at radius 1 is 0.897 bits per heavy atom. The Labute approximate surface area is 241 Å². The van der Waals surface area contributed by atoms with Crippen LogP contribution < -0.4 is 15.2 Å². The van der Waals surface area contributed by atoms with Crippen molar-refractivity contribution in [2.75, 3.05) is 0 Å². The van der Waals surface area contributed by atoms with Gasteiger partial charge in [-0.3, -0.25) is 0 Å². The van der Waals surface area contributed by atoms with Crippen LogP contribution in [-0.2, 0) is 11.2 Å². The Kier molecular flexibility index (Phi) is 13.3. The van der Waals surface area contributed by atoms with E-state index in [4.69, 9.17) is 15.2 Å². The maximum absolute atomic E-state index is 12.8. The number of hydrogen-bond acceptors (Lipinski definition) is 4. The van der Waals surface area contributed by atoms with E-state index in [1.165, 1.54) is 56.9 Å². The second-order valence-electron chi connectivity index (χ2n) is 13.8. The molecule has 1 aromatic carbocycles. The van der Waals surface area contributed by atoms with E-state index in [2.05, 4.69) is 48.5 Å². The van der Waals surface area contributed by atoms with Gasteiger partial charge in [-0.15, -0.1) is 0 Å². The maximum Gasteiger partial charge on any atom is 0.328 e. The van der Waals surface area contributed by atoms with E-state index in [1.54, 1.807) is 0 Å². The summed E-state index contributed by atoms with van der Waals surface area (Å²) in [6, 6.07) is -0.606. The topological polar surface area (TPSA) is 61.6 Å². The third-order valence-corrected chi connectivity index (χ3v) is 9.57. The summed E-state index contributed by atoms with van der Waals surface area (Å²) in [4.78, 5) is 12.8. The molecule has 2 rings (SSSR count). The molecule has 0 amide bonds. The van der Waals surface area contributed by atoms with Crippen molar-refractivity contribution in [1.82, 2.24) is 0 Å². The summed E-state index contributed by atoms with van der Waals surface area (Å²) in [6.07, 6.45) is 14.6. The molecule has 0 bridgehead atoms. The van der Waals surface area contributed by atoms with Crippen molar-refractivity contribution in [3.05, 3.63) is 22.3 Å². The van der Waals surface area contributed by atoms with Crippen LogP contribution in [0.4, 0.5) is 0 Å². The second-order valence-corrected chi connectivity index (χ2v) is 13.8. The molecular formula is C35H61NO3. The summed E-state index contributed by atoms with van der Waals surface area (Å²) >= 11 is 0. The standard InChI is InChI=1S/C35H61NO3/c1-11-26(6)31(36)34(37)38-32-27(7)28(8)33-30(29(32)9)20-22-35(10,39-33)21-14-19-25(5)18-13-17-24(4)16-12-15-23(2)3/h23-26,31H,11-22,36H2,1-10H3/t24-,25-,26?,31?,35-/m1/s1. The van der Waals surface area contributed by atoms with Crippen LogP contribution in [0, 0.1) is 44.4 Å². The van der Waals surface area contributed by atoms with E-state index in [0.717, 1.165) is 65.9 Å². The van der Waals surface area contributed by atoms with Crippen LogP contribution in [-0.4, -0.2) is 17.6 Å². The number of esters is 1. The highest BCUT2D eigenvalue weighted by atomic mass is 16.5. The monoisotopic (exact) mass is 543 g/mol. The van der Waals surface area contributed by atoms with E-state index in [1.807, 2.05) is 20.8 Å². The molecule has 0 aliphatic carbocycles. The fraction of sp³-hybridized carbons (Fsp3) is 0.800. The lowest BCUT2D eigenvalue weighted by Gasteiger charge is -2.38. The third-order valence-electron chi connectivity index (χ3n) is 9.57. The first-order valence-corrected chi connectivity index (χ1v) is 16.1. The first-order valence-electron chi connectivity index (χ1n) is 16.1. The minimum absolute atomic E-state index is 0.0896. The molecule has 0 spiro atoms. The zero-order valence-electron chi connectivity index (χ0n) is 27.2. The first kappa shape index (κ1) is 33.7. The number of carbonyl (C=O) groups is 1. The Balaban J connectivity index is 1.90. The van der Waals surface area contributed by atoms with Crippen molar-refractivity contribution < 1.29 is 14.3 Å². The van der Waals surface area contributed by atoms with Gasteiger partial charge < -0.3 is 15.2 Å². The van der Waals surface area contributed by atoms with Gasteiger partial charge in [-0.25, -0.2) is 4.79 Å². The number of benzene rings is 1. The number of hydrogen-bond donors (Lipinski definition) is 1. The molecule has 1 aliphatic rings. The minimum atomic E-state index is -0.606. The largest absolute Gasteiger partial charge is 0.487 e. The molecule has 224 valence electrons. The van der Waals surface area contributed by atoms with Crippen LogP contribution in [0.5, 0.6) is 11.5 Å². The molecule has 1 aliphatic heterocycles. The number of rotatable bonds is 16. The van der Waals surface area contributed by atoms with E-state index in [-0.39, 0.29) is 17.5 Å². The Bertz CT molecular complexity index is 923. The number of nitrogens with two attached hydrogens (primary N) is 1. The number of carbonyl (C=O) groups excluding carboxylic acids is 1. The van der Waals surface area contributed by atoms with Crippen molar-refractivity contribution in [3.8, 4) is 11.5 Å². The normalized spacial score (nSPS) is 20.2. The van der Waals surface area contributed by atoms with E-state index in [0.29, 0.717) is 5.75 Å². The van der Waals surface area contributed by atoms with Crippen LogP contribution in [0.1, 0.15) is 141 Å². The van der Waals surface area contributed by atoms with E-state index in [9.17, 15) is 4.79 Å². The molecule has 2 N–H and O–H groups in total. The van der Waals surface area contributed by atoms with Crippen molar-refractivity contribution >= 4 is 5.97 Å². The highest BCUT2D eigenvalue weighted by Gasteiger charge is 2.35. The lowest BCUT2D eigenvalue weighted by molar-refractivity contribution is -0.137. The Hall–Kier alpha value is -1.55. The van der Waals surface area contributed by atoms with Gasteiger partial charge in [0.15, 0.2) is 0 Å². The zero-order valence-corrected chi connectivity index (χ0v) is 27.2. The fourth-order valence-corrected chi connectivity index (χ4v) is 6.07. The van der Waals surface area contributed by atoms with Gasteiger partial charge in [0.2, 0.25) is 0 Å². The summed E-state index contributed by atoms with van der Waals surface area (Å²) in [7, 11) is 0. The quantitative estimate of drug-likeness (QED) is 0.167. The molecule has 4 heteroatoms. The number of fused-ring (bicyclic) bond motifs is 1. The maximum atomic E-state index is 12.8. The van der Waals surface area contributed by atoms with Gasteiger partial charge in [-0.2, -0.15) is 0 Å². The SMILES string of the molecule is CCC(C)C(N)C(=O)Oc1c(C)c(C)c2c(c1C)CC[C@@](C)(CCC[C@H](C)CCC[C@H](C)CCCC(C)C)O2. The van der Waals surface area contributed by atoms with Gasteiger partial charge in [-0.05, 0) is 93.7 Å². The molecule has 0 saturated heterocycles. The molecule has 2 unspecified atom stereocenters. The van der Waals surface area contributed by atoms with Crippen molar-refractivity contribution in [3.63, 3.8) is 0 Å². The first-order chi connectivity index (χ1) is 18.3. The Morgan fingerprint density at radius 2 is 1.46 bits per heavy atom. The molecule has 5 atom stereocenters. The molecule has 0 radical (unpaired) electrons. The summed E-state index contributed by atoms with van der Waals surface area (Å²) in [5, 5.41) is 0. The molecular weight excluding hydrogens is 482 g/mol. The van der Waals surface area contributed by atoms with Gasteiger partial charge in [0.05, 0.1) is 0 Å². The zero-order chi connectivity index (χ0) is 29.3. The molecule has 0 saturated carbocycles. The number of ether oxygens (including phenoxy) is 2. The summed E-state index contributed by atoms with van der Waals surface area (Å²) in [6.45, 7) is 22.0. The average Bonchev–Trinajstić information content (AvgIpc) is 2.88. The van der Waals surface area contributed by atoms with Gasteiger partial charge in [-0.1, -0.05) is 92.9 Å². The van der Waals surface area contributed by atoms with Gasteiger partial charge >= 0.3 is 5.97 Å². The molecule has 1 heterocycles. The lowest BCUT2D eigenvalue weighted by Crippen LogP contribution is -2.40. The van der Waals surface area contributed by atoms with Crippen molar-refractivity contribution in [2.45, 2.75) is 158 Å². The van der Waals surface area contributed by atoms with Gasteiger partial charge in [0, 0.05) is 5.56 Å². The van der Waals surface area contributed by atoms with Crippen LogP contribution in [0.3, 0.4) is 0 Å².